The fourth-order valence-corrected chi connectivity index (χ4v) is 2.39. The summed E-state index contributed by atoms with van der Waals surface area (Å²) in [5.41, 5.74) is 3.62. The van der Waals surface area contributed by atoms with Gasteiger partial charge in [-0.3, -0.25) is 0 Å². The fraction of sp³-hybridized carbons (Fsp3) is 0. The lowest BCUT2D eigenvalue weighted by Crippen LogP contribution is -1.73. The van der Waals surface area contributed by atoms with Gasteiger partial charge in [-0.1, -0.05) is 0 Å². The highest BCUT2D eigenvalue weighted by Gasteiger charge is 2.01. The molecule has 4 heteroatoms. The predicted octanol–water partition coefficient (Wildman–Crippen LogP) is 6.62. The van der Waals surface area contributed by atoms with Crippen molar-refractivity contribution < 1.29 is 8.83 Å². The third-order valence-electron chi connectivity index (χ3n) is 3.63. The molecule has 2 heterocycles. The van der Waals surface area contributed by atoms with Gasteiger partial charge in [-0.05, 0) is 72.8 Å². The van der Waals surface area contributed by atoms with Crippen LogP contribution in [0.2, 0.25) is 0 Å². The van der Waals surface area contributed by atoms with Crippen LogP contribution in [0.3, 0.4) is 0 Å². The minimum atomic E-state index is 0.792. The Balaban J connectivity index is 1.48. The molecule has 0 bridgehead atoms. The van der Waals surface area contributed by atoms with Crippen molar-refractivity contribution in [2.75, 3.05) is 0 Å². The molecule has 0 aliphatic carbocycles. The summed E-state index contributed by atoms with van der Waals surface area (Å²) in [7, 11) is 0. The van der Waals surface area contributed by atoms with Crippen molar-refractivity contribution in [1.82, 2.24) is 0 Å². The first-order valence-corrected chi connectivity index (χ1v) is 7.58. The molecule has 0 amide bonds. The van der Waals surface area contributed by atoms with Crippen LogP contribution in [0.25, 0.3) is 22.6 Å². The van der Waals surface area contributed by atoms with Crippen molar-refractivity contribution in [2.24, 2.45) is 10.2 Å². The Kier molecular flexibility index (Phi) is 3.78. The number of hydrogen-bond donors (Lipinski definition) is 0. The summed E-state index contributed by atoms with van der Waals surface area (Å²) in [6, 6.07) is 23.1. The lowest BCUT2D eigenvalue weighted by Gasteiger charge is -1.98. The lowest BCUT2D eigenvalue weighted by molar-refractivity contribution is 0.582. The van der Waals surface area contributed by atoms with Crippen LogP contribution in [0.1, 0.15) is 0 Å². The first-order chi connectivity index (χ1) is 11.9. The molecule has 0 aliphatic rings. The number of nitrogens with zero attached hydrogens (tertiary/aromatic N) is 2. The van der Waals surface area contributed by atoms with E-state index >= 15 is 0 Å². The minimum absolute atomic E-state index is 0.792. The summed E-state index contributed by atoms with van der Waals surface area (Å²) in [4.78, 5) is 0. The summed E-state index contributed by atoms with van der Waals surface area (Å²) in [5, 5.41) is 8.52. The fourth-order valence-electron chi connectivity index (χ4n) is 2.39. The monoisotopic (exact) mass is 314 g/mol. The Hall–Kier alpha value is -3.40. The average molecular weight is 314 g/mol. The van der Waals surface area contributed by atoms with E-state index in [2.05, 4.69) is 10.2 Å². The van der Waals surface area contributed by atoms with E-state index in [1.54, 1.807) is 12.5 Å². The first kappa shape index (κ1) is 14.2. The van der Waals surface area contributed by atoms with E-state index in [1.807, 2.05) is 72.8 Å². The highest BCUT2D eigenvalue weighted by atomic mass is 16.3. The Morgan fingerprint density at radius 3 is 1.25 bits per heavy atom. The summed E-state index contributed by atoms with van der Waals surface area (Å²) in [6.07, 6.45) is 3.32. The number of hydrogen-bond acceptors (Lipinski definition) is 4. The molecule has 2 aromatic carbocycles. The first-order valence-electron chi connectivity index (χ1n) is 7.58. The molecule has 0 radical (unpaired) electrons. The summed E-state index contributed by atoms with van der Waals surface area (Å²) >= 11 is 0. The molecule has 0 aliphatic heterocycles. The Morgan fingerprint density at radius 2 is 0.917 bits per heavy atom. The van der Waals surface area contributed by atoms with Gasteiger partial charge in [0, 0.05) is 11.1 Å². The van der Waals surface area contributed by atoms with E-state index < -0.39 is 0 Å². The highest BCUT2D eigenvalue weighted by molar-refractivity contribution is 5.61. The minimum Gasteiger partial charge on any atom is -0.464 e. The van der Waals surface area contributed by atoms with Crippen LogP contribution in [0.4, 0.5) is 11.4 Å². The van der Waals surface area contributed by atoms with E-state index in [-0.39, 0.29) is 0 Å². The second-order valence-corrected chi connectivity index (χ2v) is 5.25. The number of azo groups is 1. The Labute approximate surface area is 139 Å². The Bertz CT molecular complexity index is 841. The zero-order valence-corrected chi connectivity index (χ0v) is 12.8. The molecule has 0 saturated carbocycles. The van der Waals surface area contributed by atoms with Gasteiger partial charge >= 0.3 is 0 Å². The van der Waals surface area contributed by atoms with Gasteiger partial charge in [-0.15, -0.1) is 0 Å². The van der Waals surface area contributed by atoms with Crippen molar-refractivity contribution in [2.45, 2.75) is 0 Å². The van der Waals surface area contributed by atoms with Crippen LogP contribution >= 0.6 is 0 Å². The van der Waals surface area contributed by atoms with Crippen molar-refractivity contribution in [1.29, 1.82) is 0 Å². The lowest BCUT2D eigenvalue weighted by atomic mass is 10.1. The van der Waals surface area contributed by atoms with Crippen molar-refractivity contribution in [3.05, 3.63) is 85.3 Å². The molecule has 0 unspecified atom stereocenters. The molecular formula is C20H14N2O2. The van der Waals surface area contributed by atoms with Crippen molar-refractivity contribution in [3.8, 4) is 22.6 Å². The normalized spacial score (nSPS) is 11.2. The van der Waals surface area contributed by atoms with Gasteiger partial charge in [0.1, 0.15) is 11.5 Å². The van der Waals surface area contributed by atoms with E-state index in [1.165, 1.54) is 0 Å². The summed E-state index contributed by atoms with van der Waals surface area (Å²) in [6.45, 7) is 0. The molecule has 0 fully saturated rings. The third kappa shape index (κ3) is 3.03. The van der Waals surface area contributed by atoms with Crippen LogP contribution in [-0.2, 0) is 0 Å². The zero-order valence-electron chi connectivity index (χ0n) is 12.8. The van der Waals surface area contributed by atoms with Gasteiger partial charge in [0.25, 0.3) is 0 Å². The molecule has 0 spiro atoms. The maximum atomic E-state index is 5.37. The molecule has 0 N–H and O–H groups in total. The Morgan fingerprint density at radius 1 is 0.500 bits per heavy atom. The summed E-state index contributed by atoms with van der Waals surface area (Å²) in [5.74, 6) is 1.68. The highest BCUT2D eigenvalue weighted by Crippen LogP contribution is 2.26. The van der Waals surface area contributed by atoms with Crippen LogP contribution in [0.5, 0.6) is 0 Å². The van der Waals surface area contributed by atoms with E-state index in [0.29, 0.717) is 0 Å². The molecule has 0 atom stereocenters. The molecular weight excluding hydrogens is 300 g/mol. The quantitative estimate of drug-likeness (QED) is 0.397. The zero-order chi connectivity index (χ0) is 16.2. The molecule has 2 aromatic heterocycles. The van der Waals surface area contributed by atoms with Crippen LogP contribution in [0.15, 0.2) is 104 Å². The predicted molar refractivity (Wildman–Crippen MR) is 92.5 cm³/mol. The summed E-state index contributed by atoms with van der Waals surface area (Å²) < 4.78 is 10.7. The maximum Gasteiger partial charge on any atom is 0.133 e. The van der Waals surface area contributed by atoms with Crippen molar-refractivity contribution >= 4 is 11.4 Å². The maximum absolute atomic E-state index is 5.37. The van der Waals surface area contributed by atoms with Gasteiger partial charge < -0.3 is 8.83 Å². The van der Waals surface area contributed by atoms with E-state index in [0.717, 1.165) is 34.0 Å². The number of rotatable bonds is 4. The van der Waals surface area contributed by atoms with Gasteiger partial charge in [-0.25, -0.2) is 0 Å². The van der Waals surface area contributed by atoms with Crippen LogP contribution in [-0.4, -0.2) is 0 Å². The van der Waals surface area contributed by atoms with Gasteiger partial charge in [0.05, 0.1) is 23.9 Å². The van der Waals surface area contributed by atoms with Crippen LogP contribution < -0.4 is 0 Å². The SMILES string of the molecule is c1coc(-c2ccc(N=Nc3ccc(-c4ccco4)cc3)cc2)c1. The topological polar surface area (TPSA) is 51.0 Å². The van der Waals surface area contributed by atoms with Gasteiger partial charge in [-0.2, -0.15) is 10.2 Å². The third-order valence-corrected chi connectivity index (χ3v) is 3.63. The van der Waals surface area contributed by atoms with Gasteiger partial charge in [0.2, 0.25) is 0 Å². The van der Waals surface area contributed by atoms with E-state index in [4.69, 9.17) is 8.83 Å². The molecule has 24 heavy (non-hydrogen) atoms. The molecule has 4 rings (SSSR count). The smallest absolute Gasteiger partial charge is 0.133 e. The number of benzene rings is 2. The molecule has 4 nitrogen and oxygen atoms in total. The average Bonchev–Trinajstić information content (AvgIpc) is 3.34. The van der Waals surface area contributed by atoms with Crippen molar-refractivity contribution in [3.63, 3.8) is 0 Å². The molecule has 4 aromatic rings. The van der Waals surface area contributed by atoms with Gasteiger partial charge in [0.15, 0.2) is 0 Å². The largest absolute Gasteiger partial charge is 0.464 e. The molecule has 0 saturated heterocycles. The van der Waals surface area contributed by atoms with E-state index in [9.17, 15) is 0 Å². The molecule has 116 valence electrons. The number of furan rings is 2. The second-order valence-electron chi connectivity index (χ2n) is 5.25. The standard InChI is InChI=1S/C20H14N2O2/c1-3-19(23-13-1)15-5-9-17(10-6-15)21-22-18-11-7-16(8-12-18)20-4-2-14-24-20/h1-14H. The second kappa shape index (κ2) is 6.38. The van der Waals surface area contributed by atoms with Crippen LogP contribution in [0, 0.1) is 0 Å².